The minimum absolute atomic E-state index is 0.527. The molecule has 0 aliphatic carbocycles. The molecule has 2 nitrogen and oxygen atoms in total. The van der Waals surface area contributed by atoms with Crippen molar-refractivity contribution in [2.24, 2.45) is 0 Å². The molecule has 0 amide bonds. The first kappa shape index (κ1) is 15.0. The maximum absolute atomic E-state index is 11.3. The molecule has 0 saturated heterocycles. The fourth-order valence-electron chi connectivity index (χ4n) is 2.54. The summed E-state index contributed by atoms with van der Waals surface area (Å²) in [6.07, 6.45) is 0.903. The largest absolute Gasteiger partial charge is 0.489 e. The van der Waals surface area contributed by atoms with E-state index < -0.39 is 0 Å². The first-order valence-corrected chi connectivity index (χ1v) is 7.59. The molecule has 3 aromatic carbocycles. The van der Waals surface area contributed by atoms with Crippen LogP contribution in [0.15, 0.2) is 72.8 Å². The number of carbonyl (C=O) groups excluding carboxylic acids is 1. The smallest absolute Gasteiger partial charge is 0.150 e. The second kappa shape index (κ2) is 6.93. The van der Waals surface area contributed by atoms with E-state index in [9.17, 15) is 4.79 Å². The first-order chi connectivity index (χ1) is 11.3. The Morgan fingerprint density at radius 1 is 0.913 bits per heavy atom. The Labute approximate surface area is 136 Å². The number of ether oxygens (including phenoxy) is 1. The van der Waals surface area contributed by atoms with Crippen molar-refractivity contribution in [2.75, 3.05) is 0 Å². The third-order valence-electron chi connectivity index (χ3n) is 3.73. The third-order valence-corrected chi connectivity index (χ3v) is 3.73. The highest BCUT2D eigenvalue weighted by atomic mass is 16.5. The van der Waals surface area contributed by atoms with E-state index in [1.807, 2.05) is 79.7 Å². The highest BCUT2D eigenvalue weighted by molar-refractivity contribution is 5.88. The van der Waals surface area contributed by atoms with E-state index in [1.165, 1.54) is 0 Å². The van der Waals surface area contributed by atoms with Crippen LogP contribution < -0.4 is 4.74 Å². The summed E-state index contributed by atoms with van der Waals surface area (Å²) in [6.45, 7) is 2.51. The monoisotopic (exact) mass is 302 g/mol. The molecule has 0 N–H and O–H groups in total. The van der Waals surface area contributed by atoms with E-state index in [0.717, 1.165) is 34.3 Å². The van der Waals surface area contributed by atoms with Gasteiger partial charge < -0.3 is 4.74 Å². The lowest BCUT2D eigenvalue weighted by Crippen LogP contribution is -1.95. The summed E-state index contributed by atoms with van der Waals surface area (Å²) < 4.78 is 5.86. The van der Waals surface area contributed by atoms with Crippen LogP contribution in [0.25, 0.3) is 11.1 Å². The van der Waals surface area contributed by atoms with Gasteiger partial charge in [-0.05, 0) is 41.8 Å². The van der Waals surface area contributed by atoms with Gasteiger partial charge in [-0.3, -0.25) is 4.79 Å². The molecule has 0 heterocycles. The molecule has 2 heteroatoms. The first-order valence-electron chi connectivity index (χ1n) is 7.59. The lowest BCUT2D eigenvalue weighted by Gasteiger charge is -2.10. The Hall–Kier alpha value is -2.87. The highest BCUT2D eigenvalue weighted by Crippen LogP contribution is 2.27. The average Bonchev–Trinajstić information content (AvgIpc) is 2.61. The number of benzene rings is 3. The number of aryl methyl sites for hydroxylation is 1. The summed E-state index contributed by atoms with van der Waals surface area (Å²) in [4.78, 5) is 11.3. The molecule has 3 rings (SSSR count). The van der Waals surface area contributed by atoms with Crippen LogP contribution >= 0.6 is 0 Å². The number of hydrogen-bond donors (Lipinski definition) is 0. The van der Waals surface area contributed by atoms with Crippen LogP contribution in [-0.2, 0) is 6.61 Å². The highest BCUT2D eigenvalue weighted by Gasteiger charge is 2.06. The summed E-state index contributed by atoms with van der Waals surface area (Å²) in [6, 6.07) is 23.8. The number of rotatable bonds is 5. The van der Waals surface area contributed by atoms with Gasteiger partial charge in [0.15, 0.2) is 6.29 Å². The van der Waals surface area contributed by atoms with Gasteiger partial charge in [-0.1, -0.05) is 60.2 Å². The predicted octanol–water partition coefficient (Wildman–Crippen LogP) is 5.05. The standard InChI is InChI=1S/C21H18O2/c1-16-10-11-21(19(12-16)14-22)18-8-5-9-20(13-18)23-15-17-6-3-2-4-7-17/h2-14H,15H2,1H3. The van der Waals surface area contributed by atoms with Gasteiger partial charge >= 0.3 is 0 Å². The van der Waals surface area contributed by atoms with Gasteiger partial charge in [0.05, 0.1) is 0 Å². The second-order valence-electron chi connectivity index (χ2n) is 5.51. The number of hydrogen-bond acceptors (Lipinski definition) is 2. The van der Waals surface area contributed by atoms with Crippen molar-refractivity contribution in [3.8, 4) is 16.9 Å². The molecular formula is C21H18O2. The van der Waals surface area contributed by atoms with E-state index >= 15 is 0 Å². The molecule has 0 aliphatic rings. The lowest BCUT2D eigenvalue weighted by atomic mass is 9.98. The van der Waals surface area contributed by atoms with Gasteiger partial charge in [-0.25, -0.2) is 0 Å². The average molecular weight is 302 g/mol. The Bertz CT molecular complexity index is 807. The van der Waals surface area contributed by atoms with Crippen molar-refractivity contribution >= 4 is 6.29 Å². The quantitative estimate of drug-likeness (QED) is 0.616. The van der Waals surface area contributed by atoms with E-state index in [4.69, 9.17) is 4.74 Å². The molecule has 23 heavy (non-hydrogen) atoms. The van der Waals surface area contributed by atoms with Gasteiger partial charge in [0.25, 0.3) is 0 Å². The molecule has 0 bridgehead atoms. The molecule has 0 aromatic heterocycles. The number of carbonyl (C=O) groups is 1. The van der Waals surface area contributed by atoms with Crippen molar-refractivity contribution in [1.82, 2.24) is 0 Å². The molecule has 0 atom stereocenters. The van der Waals surface area contributed by atoms with Crippen molar-refractivity contribution in [3.63, 3.8) is 0 Å². The zero-order valence-electron chi connectivity index (χ0n) is 13.0. The lowest BCUT2D eigenvalue weighted by molar-refractivity contribution is 0.112. The predicted molar refractivity (Wildman–Crippen MR) is 92.8 cm³/mol. The zero-order valence-corrected chi connectivity index (χ0v) is 13.0. The maximum Gasteiger partial charge on any atom is 0.150 e. The molecule has 0 aliphatic heterocycles. The van der Waals surface area contributed by atoms with Gasteiger partial charge in [-0.15, -0.1) is 0 Å². The summed E-state index contributed by atoms with van der Waals surface area (Å²) in [5.74, 6) is 0.795. The normalized spacial score (nSPS) is 10.3. The summed E-state index contributed by atoms with van der Waals surface area (Å²) in [5.41, 5.74) is 4.81. The molecule has 114 valence electrons. The van der Waals surface area contributed by atoms with E-state index in [2.05, 4.69) is 0 Å². The minimum Gasteiger partial charge on any atom is -0.489 e. The van der Waals surface area contributed by atoms with Crippen LogP contribution in [0.4, 0.5) is 0 Å². The Balaban J connectivity index is 1.84. The molecule has 3 aromatic rings. The van der Waals surface area contributed by atoms with Crippen LogP contribution in [0.5, 0.6) is 5.75 Å². The SMILES string of the molecule is Cc1ccc(-c2cccc(OCc3ccccc3)c2)c(C=O)c1. The topological polar surface area (TPSA) is 26.3 Å². The van der Waals surface area contributed by atoms with Crippen LogP contribution in [0.1, 0.15) is 21.5 Å². The molecule has 0 unspecified atom stereocenters. The van der Waals surface area contributed by atoms with Crippen molar-refractivity contribution in [1.29, 1.82) is 0 Å². The maximum atomic E-state index is 11.3. The van der Waals surface area contributed by atoms with E-state index in [1.54, 1.807) is 0 Å². The number of aldehydes is 1. The summed E-state index contributed by atoms with van der Waals surface area (Å²) >= 11 is 0. The molecular weight excluding hydrogens is 284 g/mol. The molecule has 0 fully saturated rings. The fourth-order valence-corrected chi connectivity index (χ4v) is 2.54. The van der Waals surface area contributed by atoms with E-state index in [0.29, 0.717) is 12.2 Å². The zero-order chi connectivity index (χ0) is 16.1. The third kappa shape index (κ3) is 3.67. The Kier molecular flexibility index (Phi) is 4.53. The second-order valence-corrected chi connectivity index (χ2v) is 5.51. The van der Waals surface area contributed by atoms with Crippen LogP contribution in [0, 0.1) is 6.92 Å². The van der Waals surface area contributed by atoms with Crippen LogP contribution in [0.3, 0.4) is 0 Å². The Morgan fingerprint density at radius 2 is 1.74 bits per heavy atom. The van der Waals surface area contributed by atoms with Gasteiger partial charge in [0.1, 0.15) is 12.4 Å². The van der Waals surface area contributed by atoms with E-state index in [-0.39, 0.29) is 0 Å². The van der Waals surface area contributed by atoms with Crippen molar-refractivity contribution in [3.05, 3.63) is 89.5 Å². The minimum atomic E-state index is 0.527. The fraction of sp³-hybridized carbons (Fsp3) is 0.0952. The molecule has 0 spiro atoms. The van der Waals surface area contributed by atoms with Crippen LogP contribution in [0.2, 0.25) is 0 Å². The van der Waals surface area contributed by atoms with Crippen molar-refractivity contribution in [2.45, 2.75) is 13.5 Å². The van der Waals surface area contributed by atoms with Gasteiger partial charge in [-0.2, -0.15) is 0 Å². The molecule has 0 saturated carbocycles. The summed E-state index contributed by atoms with van der Waals surface area (Å²) in [5, 5.41) is 0. The molecule has 0 radical (unpaired) electrons. The Morgan fingerprint density at radius 3 is 2.52 bits per heavy atom. The summed E-state index contributed by atoms with van der Waals surface area (Å²) in [7, 11) is 0. The van der Waals surface area contributed by atoms with Crippen LogP contribution in [-0.4, -0.2) is 6.29 Å². The van der Waals surface area contributed by atoms with Gasteiger partial charge in [0, 0.05) is 5.56 Å². The van der Waals surface area contributed by atoms with Crippen molar-refractivity contribution < 1.29 is 9.53 Å². The van der Waals surface area contributed by atoms with Gasteiger partial charge in [0.2, 0.25) is 0 Å².